The monoisotopic (exact) mass is 354 g/mol. The highest BCUT2D eigenvalue weighted by molar-refractivity contribution is 6.68. The molecule has 0 radical (unpaired) electrons. The van der Waals surface area contributed by atoms with E-state index in [2.05, 4.69) is 5.32 Å². The summed E-state index contributed by atoms with van der Waals surface area (Å²) in [6, 6.07) is 7.99. The summed E-state index contributed by atoms with van der Waals surface area (Å²) in [6.45, 7) is 3.41. The standard InChI is InChI=1S/C13H17Cl3N2O3/c1-9(2)18(20)12(19)17-11(13(14,15)16)21-8-10-6-4-3-5-7-10/h3-7,9,11,20H,8H2,1-2H3,(H,17,19)/t11-/m0/s1. The van der Waals surface area contributed by atoms with E-state index in [1.54, 1.807) is 13.8 Å². The van der Waals surface area contributed by atoms with E-state index < -0.39 is 22.1 Å². The lowest BCUT2D eigenvalue weighted by molar-refractivity contribution is -0.0760. The Balaban J connectivity index is 2.67. The van der Waals surface area contributed by atoms with Crippen molar-refractivity contribution in [2.75, 3.05) is 0 Å². The van der Waals surface area contributed by atoms with Gasteiger partial charge in [0.2, 0.25) is 3.79 Å². The van der Waals surface area contributed by atoms with E-state index in [4.69, 9.17) is 39.5 Å². The fourth-order valence-corrected chi connectivity index (χ4v) is 1.74. The van der Waals surface area contributed by atoms with Gasteiger partial charge in [-0.1, -0.05) is 65.1 Å². The van der Waals surface area contributed by atoms with Gasteiger partial charge in [0.15, 0.2) is 6.23 Å². The second kappa shape index (κ2) is 8.06. The number of hydroxylamine groups is 2. The molecule has 0 aliphatic heterocycles. The van der Waals surface area contributed by atoms with Crippen LogP contribution in [0.3, 0.4) is 0 Å². The first-order chi connectivity index (χ1) is 9.71. The van der Waals surface area contributed by atoms with E-state index in [0.29, 0.717) is 5.06 Å². The minimum Gasteiger partial charge on any atom is -0.349 e. The molecule has 2 amide bonds. The van der Waals surface area contributed by atoms with Gasteiger partial charge in [0.05, 0.1) is 12.6 Å². The Morgan fingerprint density at radius 3 is 2.38 bits per heavy atom. The second-order valence-electron chi connectivity index (χ2n) is 4.61. The van der Waals surface area contributed by atoms with E-state index in [9.17, 15) is 10.0 Å². The van der Waals surface area contributed by atoms with E-state index in [0.717, 1.165) is 5.56 Å². The molecule has 1 aromatic carbocycles. The van der Waals surface area contributed by atoms with Gasteiger partial charge in [0, 0.05) is 0 Å². The number of nitrogens with zero attached hydrogens (tertiary/aromatic N) is 1. The molecule has 0 aliphatic carbocycles. The summed E-state index contributed by atoms with van der Waals surface area (Å²) < 4.78 is 3.55. The second-order valence-corrected chi connectivity index (χ2v) is 6.98. The topological polar surface area (TPSA) is 61.8 Å². The number of halogens is 3. The number of amides is 2. The van der Waals surface area contributed by atoms with E-state index >= 15 is 0 Å². The average Bonchev–Trinajstić information content (AvgIpc) is 2.42. The lowest BCUT2D eigenvalue weighted by Gasteiger charge is -2.28. The summed E-state index contributed by atoms with van der Waals surface area (Å²) in [5.41, 5.74) is 0.857. The van der Waals surface area contributed by atoms with Crippen LogP contribution < -0.4 is 5.32 Å². The Labute approximate surface area is 138 Å². The van der Waals surface area contributed by atoms with Crippen LogP contribution in [-0.2, 0) is 11.3 Å². The van der Waals surface area contributed by atoms with Gasteiger partial charge < -0.3 is 10.1 Å². The van der Waals surface area contributed by atoms with Crippen molar-refractivity contribution in [2.45, 2.75) is 36.5 Å². The van der Waals surface area contributed by atoms with E-state index in [-0.39, 0.29) is 6.61 Å². The fourth-order valence-electron chi connectivity index (χ4n) is 1.38. The van der Waals surface area contributed by atoms with Gasteiger partial charge in [-0.15, -0.1) is 0 Å². The largest absolute Gasteiger partial charge is 0.349 e. The third-order valence-corrected chi connectivity index (χ3v) is 3.10. The van der Waals surface area contributed by atoms with Crippen molar-refractivity contribution in [3.63, 3.8) is 0 Å². The van der Waals surface area contributed by atoms with Gasteiger partial charge in [0.25, 0.3) is 0 Å². The normalized spacial score (nSPS) is 13.1. The first-order valence-electron chi connectivity index (χ1n) is 6.22. The number of hydrogen-bond acceptors (Lipinski definition) is 3. The first-order valence-corrected chi connectivity index (χ1v) is 7.36. The molecule has 0 saturated carbocycles. The fraction of sp³-hybridized carbons (Fsp3) is 0.462. The third kappa shape index (κ3) is 6.28. The minimum atomic E-state index is -1.87. The average molecular weight is 356 g/mol. The molecule has 0 bridgehead atoms. The van der Waals surface area contributed by atoms with Crippen LogP contribution in [0.2, 0.25) is 0 Å². The quantitative estimate of drug-likeness (QED) is 0.366. The number of carbonyl (C=O) groups is 1. The molecule has 1 aromatic rings. The van der Waals surface area contributed by atoms with Crippen molar-refractivity contribution in [1.82, 2.24) is 10.4 Å². The smallest absolute Gasteiger partial charge is 0.343 e. The van der Waals surface area contributed by atoms with Crippen LogP contribution in [0, 0.1) is 0 Å². The van der Waals surface area contributed by atoms with Crippen molar-refractivity contribution in [2.24, 2.45) is 0 Å². The predicted molar refractivity (Wildman–Crippen MR) is 82.6 cm³/mol. The molecule has 0 fully saturated rings. The molecule has 0 spiro atoms. The SMILES string of the molecule is CC(C)N(O)C(=O)N[C@@H](OCc1ccccc1)C(Cl)(Cl)Cl. The summed E-state index contributed by atoms with van der Waals surface area (Å²) >= 11 is 17.4. The summed E-state index contributed by atoms with van der Waals surface area (Å²) in [6.07, 6.45) is -1.20. The van der Waals surface area contributed by atoms with Crippen molar-refractivity contribution in [3.05, 3.63) is 35.9 Å². The van der Waals surface area contributed by atoms with Crippen LogP contribution in [0.5, 0.6) is 0 Å². The van der Waals surface area contributed by atoms with Crippen LogP contribution in [0.25, 0.3) is 0 Å². The first kappa shape index (κ1) is 18.3. The number of urea groups is 1. The molecule has 0 saturated heterocycles. The Hall–Kier alpha value is -0.720. The molecule has 1 rings (SSSR count). The number of rotatable bonds is 5. The Morgan fingerprint density at radius 1 is 1.33 bits per heavy atom. The lowest BCUT2D eigenvalue weighted by atomic mass is 10.2. The van der Waals surface area contributed by atoms with E-state index in [1.165, 1.54) is 0 Å². The molecule has 0 unspecified atom stereocenters. The lowest BCUT2D eigenvalue weighted by Crippen LogP contribution is -2.51. The van der Waals surface area contributed by atoms with Crippen molar-refractivity contribution < 1.29 is 14.7 Å². The van der Waals surface area contributed by atoms with Gasteiger partial charge >= 0.3 is 6.03 Å². The maximum atomic E-state index is 11.8. The molecule has 118 valence electrons. The molecule has 8 heteroatoms. The molecular formula is C13H17Cl3N2O3. The molecule has 0 heterocycles. The van der Waals surface area contributed by atoms with E-state index in [1.807, 2.05) is 30.3 Å². The zero-order valence-corrected chi connectivity index (χ0v) is 13.9. The molecular weight excluding hydrogens is 339 g/mol. The third-order valence-electron chi connectivity index (χ3n) is 2.51. The highest BCUT2D eigenvalue weighted by Crippen LogP contribution is 2.31. The van der Waals surface area contributed by atoms with Gasteiger partial charge in [-0.2, -0.15) is 0 Å². The minimum absolute atomic E-state index is 0.146. The summed E-state index contributed by atoms with van der Waals surface area (Å²) in [5.74, 6) is 0. The van der Waals surface area contributed by atoms with Crippen molar-refractivity contribution in [3.8, 4) is 0 Å². The molecule has 0 aromatic heterocycles. The number of nitrogens with one attached hydrogen (secondary N) is 1. The number of hydrogen-bond donors (Lipinski definition) is 2. The van der Waals surface area contributed by atoms with Crippen LogP contribution in [0.1, 0.15) is 19.4 Å². The summed E-state index contributed by atoms with van der Waals surface area (Å²) in [4.78, 5) is 11.8. The van der Waals surface area contributed by atoms with Gasteiger partial charge in [-0.3, -0.25) is 5.21 Å². The zero-order valence-electron chi connectivity index (χ0n) is 11.6. The molecule has 2 N–H and O–H groups in total. The van der Waals surface area contributed by atoms with Crippen LogP contribution in [0.15, 0.2) is 30.3 Å². The summed E-state index contributed by atoms with van der Waals surface area (Å²) in [5, 5.41) is 12.4. The molecule has 21 heavy (non-hydrogen) atoms. The van der Waals surface area contributed by atoms with Crippen LogP contribution >= 0.6 is 34.8 Å². The Kier molecular flexibility index (Phi) is 7.03. The van der Waals surface area contributed by atoms with Crippen LogP contribution in [0.4, 0.5) is 4.79 Å². The van der Waals surface area contributed by atoms with Crippen molar-refractivity contribution >= 4 is 40.8 Å². The summed E-state index contributed by atoms with van der Waals surface area (Å²) in [7, 11) is 0. The Morgan fingerprint density at radius 2 is 1.90 bits per heavy atom. The van der Waals surface area contributed by atoms with Crippen LogP contribution in [-0.4, -0.2) is 32.4 Å². The number of alkyl halides is 3. The highest BCUT2D eigenvalue weighted by Gasteiger charge is 2.36. The maximum Gasteiger partial charge on any atom is 0.343 e. The molecule has 1 atom stereocenters. The molecule has 5 nitrogen and oxygen atoms in total. The van der Waals surface area contributed by atoms with Gasteiger partial charge in [0.1, 0.15) is 0 Å². The van der Waals surface area contributed by atoms with Crippen molar-refractivity contribution in [1.29, 1.82) is 0 Å². The predicted octanol–water partition coefficient (Wildman–Crippen LogP) is 3.71. The number of benzene rings is 1. The van der Waals surface area contributed by atoms with Gasteiger partial charge in [-0.25, -0.2) is 9.86 Å². The number of carbonyl (C=O) groups excluding carboxylic acids is 1. The zero-order chi connectivity index (χ0) is 16.0. The Bertz CT molecular complexity index is 452. The highest BCUT2D eigenvalue weighted by atomic mass is 35.6. The molecule has 0 aliphatic rings. The number of ether oxygens (including phenoxy) is 1. The van der Waals surface area contributed by atoms with Gasteiger partial charge in [-0.05, 0) is 19.4 Å². The maximum absolute atomic E-state index is 11.8.